The summed E-state index contributed by atoms with van der Waals surface area (Å²) in [4.78, 5) is 0. The van der Waals surface area contributed by atoms with E-state index in [0.29, 0.717) is 0 Å². The molecule has 22 heavy (non-hydrogen) atoms. The second kappa shape index (κ2) is 4.85. The van der Waals surface area contributed by atoms with Gasteiger partial charge in [-0.3, -0.25) is 4.40 Å². The highest BCUT2D eigenvalue weighted by Crippen LogP contribution is 2.25. The minimum Gasteiger partial charge on any atom is -0.339 e. The molecule has 0 fully saturated rings. The lowest BCUT2D eigenvalue weighted by atomic mass is 10.2. The van der Waals surface area contributed by atoms with Crippen LogP contribution < -0.4 is 0 Å². The van der Waals surface area contributed by atoms with Crippen molar-refractivity contribution in [2.75, 3.05) is 0 Å². The van der Waals surface area contributed by atoms with E-state index in [4.69, 9.17) is 11.6 Å². The van der Waals surface area contributed by atoms with Crippen molar-refractivity contribution in [3.8, 4) is 0 Å². The first kappa shape index (κ1) is 13.3. The van der Waals surface area contributed by atoms with Crippen molar-refractivity contribution in [2.24, 2.45) is 0 Å². The second-order valence-electron chi connectivity index (χ2n) is 5.51. The van der Waals surface area contributed by atoms with Crippen molar-refractivity contribution >= 4 is 28.3 Å². The first-order valence-electron chi connectivity index (χ1n) is 7.19. The zero-order valence-corrected chi connectivity index (χ0v) is 13.2. The van der Waals surface area contributed by atoms with Gasteiger partial charge in [-0.25, -0.2) is 0 Å². The fraction of sp³-hybridized carbons (Fsp3) is 0.176. The molecule has 0 aliphatic rings. The first-order valence-corrected chi connectivity index (χ1v) is 7.57. The molecule has 4 aromatic rings. The molecule has 0 saturated heterocycles. The van der Waals surface area contributed by atoms with Crippen LogP contribution in [0.1, 0.15) is 17.1 Å². The Balaban J connectivity index is 1.95. The van der Waals surface area contributed by atoms with Crippen molar-refractivity contribution in [3.63, 3.8) is 0 Å². The maximum absolute atomic E-state index is 6.31. The Bertz CT molecular complexity index is 997. The zero-order valence-electron chi connectivity index (χ0n) is 12.4. The summed E-state index contributed by atoms with van der Waals surface area (Å²) >= 11 is 6.31. The van der Waals surface area contributed by atoms with Gasteiger partial charge in [-0.05, 0) is 43.7 Å². The number of nitrogens with zero attached hydrogens (tertiary/aromatic N) is 4. The molecule has 5 heteroatoms. The molecule has 0 radical (unpaired) electrons. The Morgan fingerprint density at radius 3 is 2.64 bits per heavy atom. The Morgan fingerprint density at radius 1 is 1.00 bits per heavy atom. The smallest absolute Gasteiger partial charge is 0.161 e. The SMILES string of the molecule is Cc1cc2c(ccc3nnc(C)n32)n1Cc1ccccc1Cl. The van der Waals surface area contributed by atoms with E-state index < -0.39 is 0 Å². The number of fused-ring (bicyclic) bond motifs is 3. The van der Waals surface area contributed by atoms with Crippen molar-refractivity contribution in [2.45, 2.75) is 20.4 Å². The standard InChI is InChI=1S/C17H15ClN4/c1-11-9-16-15(7-8-17-20-19-12(2)22(16)17)21(11)10-13-5-3-4-6-14(13)18/h3-9H,10H2,1-2H3. The van der Waals surface area contributed by atoms with Gasteiger partial charge in [0, 0.05) is 17.3 Å². The Kier molecular flexibility index (Phi) is 2.94. The van der Waals surface area contributed by atoms with E-state index in [9.17, 15) is 0 Å². The Labute approximate surface area is 133 Å². The average molecular weight is 311 g/mol. The molecular formula is C17H15ClN4. The third kappa shape index (κ3) is 1.91. The largest absolute Gasteiger partial charge is 0.339 e. The quantitative estimate of drug-likeness (QED) is 0.561. The molecule has 0 spiro atoms. The van der Waals surface area contributed by atoms with Crippen molar-refractivity contribution in [1.82, 2.24) is 19.2 Å². The fourth-order valence-corrected chi connectivity index (χ4v) is 3.17. The lowest BCUT2D eigenvalue weighted by Gasteiger charge is -2.10. The van der Waals surface area contributed by atoms with Crippen LogP contribution in [0.25, 0.3) is 16.7 Å². The van der Waals surface area contributed by atoms with Crippen LogP contribution in [-0.4, -0.2) is 19.2 Å². The lowest BCUT2D eigenvalue weighted by molar-refractivity contribution is 0.805. The number of pyridine rings is 1. The Morgan fingerprint density at radius 2 is 1.82 bits per heavy atom. The molecule has 1 aromatic carbocycles. The summed E-state index contributed by atoms with van der Waals surface area (Å²) in [5.41, 5.74) is 5.47. The highest BCUT2D eigenvalue weighted by atomic mass is 35.5. The van der Waals surface area contributed by atoms with Crippen LogP contribution in [0.2, 0.25) is 5.02 Å². The summed E-state index contributed by atoms with van der Waals surface area (Å²) in [5.74, 6) is 0.899. The number of rotatable bonds is 2. The van der Waals surface area contributed by atoms with Crippen LogP contribution in [0.4, 0.5) is 0 Å². The monoisotopic (exact) mass is 310 g/mol. The van der Waals surface area contributed by atoms with Gasteiger partial charge in [-0.15, -0.1) is 10.2 Å². The highest BCUT2D eigenvalue weighted by molar-refractivity contribution is 6.31. The van der Waals surface area contributed by atoms with Gasteiger partial charge in [0.05, 0.1) is 11.0 Å². The van der Waals surface area contributed by atoms with E-state index in [0.717, 1.165) is 39.6 Å². The van der Waals surface area contributed by atoms with Gasteiger partial charge in [0.25, 0.3) is 0 Å². The maximum Gasteiger partial charge on any atom is 0.161 e. The predicted octanol–water partition coefficient (Wildman–Crippen LogP) is 4.00. The minimum atomic E-state index is 0.752. The first-order chi connectivity index (χ1) is 10.6. The summed E-state index contributed by atoms with van der Waals surface area (Å²) in [5, 5.41) is 9.15. The van der Waals surface area contributed by atoms with E-state index in [1.807, 2.05) is 31.2 Å². The van der Waals surface area contributed by atoms with Crippen LogP contribution in [0, 0.1) is 13.8 Å². The van der Waals surface area contributed by atoms with Crippen molar-refractivity contribution < 1.29 is 0 Å². The van der Waals surface area contributed by atoms with E-state index in [1.54, 1.807) is 0 Å². The molecule has 4 nitrogen and oxygen atoms in total. The highest BCUT2D eigenvalue weighted by Gasteiger charge is 2.12. The molecule has 0 amide bonds. The van der Waals surface area contributed by atoms with Crippen LogP contribution in [-0.2, 0) is 6.54 Å². The van der Waals surface area contributed by atoms with Crippen molar-refractivity contribution in [3.05, 3.63) is 64.6 Å². The molecule has 0 atom stereocenters. The summed E-state index contributed by atoms with van der Waals surface area (Å²) in [7, 11) is 0. The van der Waals surface area contributed by atoms with Gasteiger partial charge in [0.15, 0.2) is 5.65 Å². The molecule has 0 saturated carbocycles. The molecule has 3 aromatic heterocycles. The van der Waals surface area contributed by atoms with Crippen LogP contribution in [0.5, 0.6) is 0 Å². The van der Waals surface area contributed by atoms with Gasteiger partial charge >= 0.3 is 0 Å². The van der Waals surface area contributed by atoms with Gasteiger partial charge in [0.2, 0.25) is 0 Å². The number of halogens is 1. The van der Waals surface area contributed by atoms with E-state index in [1.165, 1.54) is 5.69 Å². The molecule has 3 heterocycles. The van der Waals surface area contributed by atoms with Gasteiger partial charge in [-0.2, -0.15) is 0 Å². The predicted molar refractivity (Wildman–Crippen MR) is 88.5 cm³/mol. The summed E-state index contributed by atoms with van der Waals surface area (Å²) < 4.78 is 4.36. The van der Waals surface area contributed by atoms with Gasteiger partial charge < -0.3 is 4.57 Å². The van der Waals surface area contributed by atoms with Crippen LogP contribution in [0.3, 0.4) is 0 Å². The number of aryl methyl sites for hydroxylation is 2. The van der Waals surface area contributed by atoms with Crippen LogP contribution in [0.15, 0.2) is 42.5 Å². The van der Waals surface area contributed by atoms with E-state index in [2.05, 4.69) is 44.3 Å². The minimum absolute atomic E-state index is 0.752. The second-order valence-corrected chi connectivity index (χ2v) is 5.92. The topological polar surface area (TPSA) is 35.1 Å². The third-order valence-corrected chi connectivity index (χ3v) is 4.46. The number of hydrogen-bond donors (Lipinski definition) is 0. The molecule has 0 N–H and O–H groups in total. The molecule has 0 bridgehead atoms. The molecule has 0 aliphatic heterocycles. The van der Waals surface area contributed by atoms with Crippen molar-refractivity contribution in [1.29, 1.82) is 0 Å². The number of benzene rings is 1. The summed E-state index contributed by atoms with van der Waals surface area (Å²) in [6, 6.07) is 14.3. The number of hydrogen-bond acceptors (Lipinski definition) is 2. The average Bonchev–Trinajstić information content (AvgIpc) is 3.03. The molecule has 110 valence electrons. The molecule has 0 unspecified atom stereocenters. The van der Waals surface area contributed by atoms with Gasteiger partial charge in [-0.1, -0.05) is 29.8 Å². The van der Waals surface area contributed by atoms with Crippen LogP contribution >= 0.6 is 11.6 Å². The molecular weight excluding hydrogens is 296 g/mol. The van der Waals surface area contributed by atoms with Gasteiger partial charge in [0.1, 0.15) is 5.82 Å². The summed E-state index contributed by atoms with van der Waals surface area (Å²) in [6.45, 7) is 4.84. The third-order valence-electron chi connectivity index (χ3n) is 4.09. The lowest BCUT2D eigenvalue weighted by Crippen LogP contribution is -2.02. The number of aromatic nitrogens is 4. The Hall–Kier alpha value is -2.33. The fourth-order valence-electron chi connectivity index (χ4n) is 2.98. The summed E-state index contributed by atoms with van der Waals surface area (Å²) in [6.07, 6.45) is 0. The molecule has 4 rings (SSSR count). The maximum atomic E-state index is 6.31. The van der Waals surface area contributed by atoms with E-state index in [-0.39, 0.29) is 0 Å². The van der Waals surface area contributed by atoms with E-state index >= 15 is 0 Å². The molecule has 0 aliphatic carbocycles. The zero-order chi connectivity index (χ0) is 15.3. The normalized spacial score (nSPS) is 11.6.